The summed E-state index contributed by atoms with van der Waals surface area (Å²) < 4.78 is 5.61. The van der Waals surface area contributed by atoms with E-state index < -0.39 is 0 Å². The fourth-order valence-electron chi connectivity index (χ4n) is 4.38. The van der Waals surface area contributed by atoms with Gasteiger partial charge in [0.2, 0.25) is 5.91 Å². The number of ether oxygens (including phenoxy) is 1. The first kappa shape index (κ1) is 20.5. The molecule has 6 nitrogen and oxygen atoms in total. The highest BCUT2D eigenvalue weighted by Gasteiger charge is 2.35. The molecule has 3 heterocycles. The predicted molar refractivity (Wildman–Crippen MR) is 115 cm³/mol. The maximum Gasteiger partial charge on any atom is 0.251 e. The number of carbonyl (C=O) groups excluding carboxylic acids is 2. The van der Waals surface area contributed by atoms with Gasteiger partial charge in [0.05, 0.1) is 5.92 Å². The summed E-state index contributed by atoms with van der Waals surface area (Å²) in [5, 5.41) is 0. The molecular weight excluding hydrogens is 378 g/mol. The normalized spacial score (nSPS) is 22.2. The van der Waals surface area contributed by atoms with Crippen LogP contribution in [0.25, 0.3) is 11.1 Å². The molecule has 0 radical (unpaired) electrons. The molecule has 30 heavy (non-hydrogen) atoms. The van der Waals surface area contributed by atoms with E-state index in [1.165, 1.54) is 0 Å². The van der Waals surface area contributed by atoms with E-state index in [4.69, 9.17) is 4.74 Å². The molecule has 158 valence electrons. The van der Waals surface area contributed by atoms with E-state index in [0.717, 1.165) is 29.5 Å². The van der Waals surface area contributed by atoms with Crippen molar-refractivity contribution in [2.75, 3.05) is 32.8 Å². The Labute approximate surface area is 177 Å². The van der Waals surface area contributed by atoms with Gasteiger partial charge in [-0.3, -0.25) is 14.6 Å². The zero-order valence-electron chi connectivity index (χ0n) is 17.5. The van der Waals surface area contributed by atoms with E-state index >= 15 is 0 Å². The Bertz CT molecular complexity index is 880. The molecule has 1 aromatic carbocycles. The second-order valence-corrected chi connectivity index (χ2v) is 8.05. The number of hydrogen-bond donors (Lipinski definition) is 0. The summed E-state index contributed by atoms with van der Waals surface area (Å²) in [4.78, 5) is 34.1. The average Bonchev–Trinajstić information content (AvgIpc) is 3.28. The number of aromatic nitrogens is 1. The van der Waals surface area contributed by atoms with Gasteiger partial charge in [0.25, 0.3) is 5.91 Å². The number of hydrogen-bond acceptors (Lipinski definition) is 4. The number of likely N-dealkylation sites (N-methyl/N-ethyl adjacent to an activating group) is 1. The molecule has 2 aromatic rings. The van der Waals surface area contributed by atoms with Crippen LogP contribution in [-0.4, -0.2) is 65.5 Å². The monoisotopic (exact) mass is 407 g/mol. The van der Waals surface area contributed by atoms with Gasteiger partial charge in [-0.25, -0.2) is 0 Å². The molecule has 0 spiro atoms. The molecule has 2 aliphatic rings. The summed E-state index contributed by atoms with van der Waals surface area (Å²) in [7, 11) is 0. The van der Waals surface area contributed by atoms with Crippen LogP contribution in [0.1, 0.15) is 25.3 Å². The molecule has 0 bridgehead atoms. The molecule has 2 atom stereocenters. The fraction of sp³-hybridized carbons (Fsp3) is 0.458. The lowest BCUT2D eigenvalue weighted by atomic mass is 9.95. The minimum Gasteiger partial charge on any atom is -0.368 e. The molecule has 0 aliphatic carbocycles. The molecule has 6 heteroatoms. The minimum atomic E-state index is -0.345. The van der Waals surface area contributed by atoms with Gasteiger partial charge in [0, 0.05) is 45.2 Å². The van der Waals surface area contributed by atoms with Crippen molar-refractivity contribution in [2.45, 2.75) is 32.3 Å². The highest BCUT2D eigenvalue weighted by molar-refractivity contribution is 5.84. The zero-order valence-corrected chi connectivity index (χ0v) is 17.5. The maximum atomic E-state index is 13.2. The Morgan fingerprint density at radius 1 is 1.20 bits per heavy atom. The average molecular weight is 408 g/mol. The number of carbonyl (C=O) groups is 2. The number of rotatable bonds is 5. The van der Waals surface area contributed by atoms with Crippen LogP contribution in [-0.2, 0) is 20.7 Å². The van der Waals surface area contributed by atoms with E-state index in [0.29, 0.717) is 39.2 Å². The van der Waals surface area contributed by atoms with Gasteiger partial charge in [0.15, 0.2) is 0 Å². The summed E-state index contributed by atoms with van der Waals surface area (Å²) in [6, 6.07) is 12.2. The third-order valence-corrected chi connectivity index (χ3v) is 6.04. The second kappa shape index (κ2) is 9.39. The van der Waals surface area contributed by atoms with Crippen molar-refractivity contribution in [3.8, 4) is 11.1 Å². The topological polar surface area (TPSA) is 62.7 Å². The summed E-state index contributed by atoms with van der Waals surface area (Å²) in [5.41, 5.74) is 3.23. The highest BCUT2D eigenvalue weighted by atomic mass is 16.5. The molecule has 0 N–H and O–H groups in total. The van der Waals surface area contributed by atoms with Crippen LogP contribution in [0.5, 0.6) is 0 Å². The molecule has 2 fully saturated rings. The summed E-state index contributed by atoms with van der Waals surface area (Å²) in [6.45, 7) is 4.91. The first-order chi connectivity index (χ1) is 14.7. The van der Waals surface area contributed by atoms with Crippen LogP contribution < -0.4 is 0 Å². The van der Waals surface area contributed by atoms with Crippen molar-refractivity contribution < 1.29 is 14.3 Å². The van der Waals surface area contributed by atoms with Crippen molar-refractivity contribution in [1.29, 1.82) is 0 Å². The molecular formula is C24H29N3O3. The smallest absolute Gasteiger partial charge is 0.251 e. The molecule has 0 saturated carbocycles. The van der Waals surface area contributed by atoms with Crippen molar-refractivity contribution in [3.63, 3.8) is 0 Å². The van der Waals surface area contributed by atoms with Crippen LogP contribution in [0.15, 0.2) is 48.8 Å². The van der Waals surface area contributed by atoms with Crippen molar-refractivity contribution in [1.82, 2.24) is 14.8 Å². The van der Waals surface area contributed by atoms with Gasteiger partial charge in [-0.15, -0.1) is 0 Å². The van der Waals surface area contributed by atoms with Crippen molar-refractivity contribution >= 4 is 11.8 Å². The number of nitrogens with zero attached hydrogens (tertiary/aromatic N) is 3. The molecule has 1 aromatic heterocycles. The third kappa shape index (κ3) is 4.54. The van der Waals surface area contributed by atoms with Gasteiger partial charge >= 0.3 is 0 Å². The lowest BCUT2D eigenvalue weighted by molar-refractivity contribution is -0.141. The molecule has 2 amide bonds. The van der Waals surface area contributed by atoms with Crippen LogP contribution in [0.2, 0.25) is 0 Å². The summed E-state index contributed by atoms with van der Waals surface area (Å²) in [6.07, 6.45) is 5.57. The Morgan fingerprint density at radius 3 is 2.80 bits per heavy atom. The Hall–Kier alpha value is -2.73. The lowest BCUT2D eigenvalue weighted by Gasteiger charge is -2.25. The van der Waals surface area contributed by atoms with Crippen molar-refractivity contribution in [2.24, 2.45) is 5.92 Å². The molecule has 2 unspecified atom stereocenters. The van der Waals surface area contributed by atoms with Crippen LogP contribution in [0.3, 0.4) is 0 Å². The first-order valence-electron chi connectivity index (χ1n) is 10.8. The predicted octanol–water partition coefficient (Wildman–Crippen LogP) is 2.78. The Kier molecular flexibility index (Phi) is 6.43. The lowest BCUT2D eigenvalue weighted by Crippen LogP contribution is -2.42. The molecule has 4 rings (SSSR count). The number of pyridine rings is 1. The molecule has 2 aliphatic heterocycles. The standard InChI is InChI=1S/C24H29N3O3/c1-2-26-11-12-27(24(29)22-9-5-13-30-22)17-21(23(26)28)15-18-6-3-7-19(14-18)20-8-4-10-25-16-20/h3-4,6-8,10,14,16,21-22H,2,5,9,11-13,15,17H2,1H3. The minimum absolute atomic E-state index is 0.0346. The zero-order chi connectivity index (χ0) is 20.9. The Balaban J connectivity index is 1.54. The van der Waals surface area contributed by atoms with E-state index in [9.17, 15) is 9.59 Å². The highest BCUT2D eigenvalue weighted by Crippen LogP contribution is 2.24. The van der Waals surface area contributed by atoms with E-state index in [1.807, 2.05) is 41.1 Å². The van der Waals surface area contributed by atoms with E-state index in [1.54, 1.807) is 6.20 Å². The summed E-state index contributed by atoms with van der Waals surface area (Å²) in [5.74, 6) is -0.0822. The quantitative estimate of drug-likeness (QED) is 0.765. The SMILES string of the molecule is CCN1CCN(C(=O)C2CCCO2)CC(Cc2cccc(-c3cccnc3)c2)C1=O. The Morgan fingerprint density at radius 2 is 2.07 bits per heavy atom. The van der Waals surface area contributed by atoms with Crippen LogP contribution in [0, 0.1) is 5.92 Å². The summed E-state index contributed by atoms with van der Waals surface area (Å²) >= 11 is 0. The van der Waals surface area contributed by atoms with Crippen LogP contribution >= 0.6 is 0 Å². The van der Waals surface area contributed by atoms with Gasteiger partial charge in [-0.05, 0) is 48.9 Å². The maximum absolute atomic E-state index is 13.2. The van der Waals surface area contributed by atoms with Gasteiger partial charge in [0.1, 0.15) is 6.10 Å². The van der Waals surface area contributed by atoms with Crippen molar-refractivity contribution in [3.05, 3.63) is 54.4 Å². The van der Waals surface area contributed by atoms with E-state index in [2.05, 4.69) is 23.2 Å². The van der Waals surface area contributed by atoms with Crippen LogP contribution in [0.4, 0.5) is 0 Å². The number of benzene rings is 1. The van der Waals surface area contributed by atoms with Gasteiger partial charge < -0.3 is 14.5 Å². The van der Waals surface area contributed by atoms with Gasteiger partial charge in [-0.2, -0.15) is 0 Å². The first-order valence-corrected chi connectivity index (χ1v) is 10.8. The fourth-order valence-corrected chi connectivity index (χ4v) is 4.38. The van der Waals surface area contributed by atoms with E-state index in [-0.39, 0.29) is 23.8 Å². The third-order valence-electron chi connectivity index (χ3n) is 6.04. The second-order valence-electron chi connectivity index (χ2n) is 8.05. The largest absolute Gasteiger partial charge is 0.368 e. The number of amides is 2. The van der Waals surface area contributed by atoms with Gasteiger partial charge in [-0.1, -0.05) is 30.3 Å². The molecule has 2 saturated heterocycles.